The lowest BCUT2D eigenvalue weighted by Gasteiger charge is -2.26. The van der Waals surface area contributed by atoms with E-state index in [0.29, 0.717) is 6.10 Å². The Morgan fingerprint density at radius 3 is 2.55 bits per heavy atom. The van der Waals surface area contributed by atoms with E-state index in [1.165, 1.54) is 32.1 Å². The van der Waals surface area contributed by atoms with Gasteiger partial charge < -0.3 is 14.8 Å². The number of hydrogen-bond donors (Lipinski definition) is 1. The molecule has 20 heavy (non-hydrogen) atoms. The Hall–Kier alpha value is -1.22. The number of hydrogen-bond acceptors (Lipinski definition) is 3. The first-order valence-electron chi connectivity index (χ1n) is 7.83. The molecule has 3 nitrogen and oxygen atoms in total. The lowest BCUT2D eigenvalue weighted by molar-refractivity contribution is 0.152. The zero-order chi connectivity index (χ0) is 14.4. The first-order chi connectivity index (χ1) is 9.76. The van der Waals surface area contributed by atoms with Gasteiger partial charge in [-0.15, -0.1) is 0 Å². The van der Waals surface area contributed by atoms with E-state index in [-0.39, 0.29) is 6.04 Å². The van der Waals surface area contributed by atoms with E-state index in [1.54, 1.807) is 7.11 Å². The summed E-state index contributed by atoms with van der Waals surface area (Å²) in [6.07, 6.45) is 6.62. The molecule has 0 aromatic heterocycles. The van der Waals surface area contributed by atoms with Gasteiger partial charge in [0.15, 0.2) is 0 Å². The molecule has 0 bridgehead atoms. The Morgan fingerprint density at radius 2 is 1.90 bits per heavy atom. The van der Waals surface area contributed by atoms with Crippen LogP contribution in [0.1, 0.15) is 57.6 Å². The Bertz CT molecular complexity index is 413. The third-order valence-corrected chi connectivity index (χ3v) is 4.04. The molecule has 1 atom stereocenters. The van der Waals surface area contributed by atoms with Gasteiger partial charge in [-0.3, -0.25) is 0 Å². The molecule has 1 aliphatic rings. The summed E-state index contributed by atoms with van der Waals surface area (Å²) < 4.78 is 11.8. The molecule has 0 radical (unpaired) electrons. The Kier molecular flexibility index (Phi) is 5.72. The van der Waals surface area contributed by atoms with Crippen LogP contribution in [-0.4, -0.2) is 19.8 Å². The van der Waals surface area contributed by atoms with Crippen molar-refractivity contribution in [2.75, 3.05) is 13.7 Å². The standard InChI is InChI=1S/C17H27NO2/c1-4-18-13(2)17-15(19-3)11-8-12-16(17)20-14-9-6-5-7-10-14/h8,11-14,18H,4-7,9-10H2,1-3H3. The van der Waals surface area contributed by atoms with E-state index in [1.807, 2.05) is 12.1 Å². The summed E-state index contributed by atoms with van der Waals surface area (Å²) in [5, 5.41) is 3.45. The molecule has 2 rings (SSSR count). The number of nitrogens with one attached hydrogen (secondary N) is 1. The number of benzene rings is 1. The minimum atomic E-state index is 0.231. The SMILES string of the molecule is CCNC(C)c1c(OC)cccc1OC1CCCCC1. The highest BCUT2D eigenvalue weighted by molar-refractivity contribution is 5.46. The fraction of sp³-hybridized carbons (Fsp3) is 0.647. The maximum absolute atomic E-state index is 6.28. The highest BCUT2D eigenvalue weighted by atomic mass is 16.5. The van der Waals surface area contributed by atoms with Crippen LogP contribution in [-0.2, 0) is 0 Å². The van der Waals surface area contributed by atoms with Gasteiger partial charge in [0.05, 0.1) is 18.8 Å². The van der Waals surface area contributed by atoms with Crippen LogP contribution < -0.4 is 14.8 Å². The number of methoxy groups -OCH3 is 1. The monoisotopic (exact) mass is 277 g/mol. The molecule has 0 aliphatic heterocycles. The van der Waals surface area contributed by atoms with Gasteiger partial charge in [0.1, 0.15) is 11.5 Å². The van der Waals surface area contributed by atoms with Crippen LogP contribution >= 0.6 is 0 Å². The van der Waals surface area contributed by atoms with Crippen molar-refractivity contribution in [2.45, 2.75) is 58.1 Å². The van der Waals surface area contributed by atoms with Gasteiger partial charge >= 0.3 is 0 Å². The quantitative estimate of drug-likeness (QED) is 0.850. The van der Waals surface area contributed by atoms with Gasteiger partial charge in [0, 0.05) is 6.04 Å². The molecule has 1 aromatic carbocycles. The second kappa shape index (κ2) is 7.53. The van der Waals surface area contributed by atoms with Gasteiger partial charge in [0.25, 0.3) is 0 Å². The summed E-state index contributed by atoms with van der Waals surface area (Å²) in [5.74, 6) is 1.89. The lowest BCUT2D eigenvalue weighted by atomic mass is 9.97. The van der Waals surface area contributed by atoms with Crippen molar-refractivity contribution in [3.63, 3.8) is 0 Å². The molecule has 1 aliphatic carbocycles. The van der Waals surface area contributed by atoms with Crippen molar-refractivity contribution in [3.05, 3.63) is 23.8 Å². The molecule has 0 heterocycles. The van der Waals surface area contributed by atoms with Crippen LogP contribution in [0.15, 0.2) is 18.2 Å². The van der Waals surface area contributed by atoms with Crippen LogP contribution in [0.4, 0.5) is 0 Å². The second-order valence-corrected chi connectivity index (χ2v) is 5.53. The van der Waals surface area contributed by atoms with Crippen molar-refractivity contribution >= 4 is 0 Å². The molecule has 0 amide bonds. The number of rotatable bonds is 6. The van der Waals surface area contributed by atoms with E-state index < -0.39 is 0 Å². The van der Waals surface area contributed by atoms with Crippen molar-refractivity contribution in [1.82, 2.24) is 5.32 Å². The van der Waals surface area contributed by atoms with E-state index in [2.05, 4.69) is 25.2 Å². The van der Waals surface area contributed by atoms with E-state index in [9.17, 15) is 0 Å². The third kappa shape index (κ3) is 3.66. The predicted molar refractivity (Wildman–Crippen MR) is 82.6 cm³/mol. The molecule has 1 fully saturated rings. The summed E-state index contributed by atoms with van der Waals surface area (Å²) in [4.78, 5) is 0. The minimum absolute atomic E-state index is 0.231. The van der Waals surface area contributed by atoms with Crippen LogP contribution in [0.5, 0.6) is 11.5 Å². The fourth-order valence-electron chi connectivity index (χ4n) is 3.00. The Balaban J connectivity index is 2.21. The van der Waals surface area contributed by atoms with E-state index in [0.717, 1.165) is 23.6 Å². The first kappa shape index (κ1) is 15.2. The first-order valence-corrected chi connectivity index (χ1v) is 7.83. The average Bonchev–Trinajstić information content (AvgIpc) is 2.48. The second-order valence-electron chi connectivity index (χ2n) is 5.53. The van der Waals surface area contributed by atoms with Crippen LogP contribution in [0.25, 0.3) is 0 Å². The Morgan fingerprint density at radius 1 is 1.20 bits per heavy atom. The van der Waals surface area contributed by atoms with Crippen LogP contribution in [0, 0.1) is 0 Å². The molecule has 1 aromatic rings. The average molecular weight is 277 g/mol. The summed E-state index contributed by atoms with van der Waals surface area (Å²) in [7, 11) is 1.72. The molecule has 3 heteroatoms. The van der Waals surface area contributed by atoms with E-state index in [4.69, 9.17) is 9.47 Å². The van der Waals surface area contributed by atoms with Crippen molar-refractivity contribution in [1.29, 1.82) is 0 Å². The molecule has 1 saturated carbocycles. The maximum Gasteiger partial charge on any atom is 0.128 e. The third-order valence-electron chi connectivity index (χ3n) is 4.04. The van der Waals surface area contributed by atoms with Gasteiger partial charge in [-0.25, -0.2) is 0 Å². The fourth-order valence-corrected chi connectivity index (χ4v) is 3.00. The van der Waals surface area contributed by atoms with Crippen molar-refractivity contribution in [2.24, 2.45) is 0 Å². The minimum Gasteiger partial charge on any atom is -0.496 e. The zero-order valence-corrected chi connectivity index (χ0v) is 12.9. The summed E-state index contributed by atoms with van der Waals surface area (Å²) in [5.41, 5.74) is 1.14. The van der Waals surface area contributed by atoms with Gasteiger partial charge in [-0.1, -0.05) is 19.4 Å². The van der Waals surface area contributed by atoms with Crippen LogP contribution in [0.2, 0.25) is 0 Å². The van der Waals surface area contributed by atoms with Crippen LogP contribution in [0.3, 0.4) is 0 Å². The molecule has 1 N–H and O–H groups in total. The van der Waals surface area contributed by atoms with Gasteiger partial charge in [-0.05, 0) is 51.3 Å². The van der Waals surface area contributed by atoms with E-state index >= 15 is 0 Å². The highest BCUT2D eigenvalue weighted by Gasteiger charge is 2.21. The number of ether oxygens (including phenoxy) is 2. The summed E-state index contributed by atoms with van der Waals surface area (Å²) >= 11 is 0. The molecule has 112 valence electrons. The van der Waals surface area contributed by atoms with Crippen molar-refractivity contribution < 1.29 is 9.47 Å². The van der Waals surface area contributed by atoms with Gasteiger partial charge in [-0.2, -0.15) is 0 Å². The topological polar surface area (TPSA) is 30.5 Å². The largest absolute Gasteiger partial charge is 0.496 e. The van der Waals surface area contributed by atoms with Crippen molar-refractivity contribution in [3.8, 4) is 11.5 Å². The smallest absolute Gasteiger partial charge is 0.128 e. The predicted octanol–water partition coefficient (Wildman–Crippen LogP) is 4.08. The molecular formula is C17H27NO2. The zero-order valence-electron chi connectivity index (χ0n) is 12.9. The molecule has 1 unspecified atom stereocenters. The summed E-state index contributed by atoms with van der Waals surface area (Å²) in [6, 6.07) is 6.32. The van der Waals surface area contributed by atoms with Gasteiger partial charge in [0.2, 0.25) is 0 Å². The maximum atomic E-state index is 6.28. The Labute approximate surface area is 122 Å². The molecule has 0 spiro atoms. The highest BCUT2D eigenvalue weighted by Crippen LogP contribution is 2.35. The normalized spacial score (nSPS) is 17.8. The summed E-state index contributed by atoms with van der Waals surface area (Å²) in [6.45, 7) is 5.21. The lowest BCUT2D eigenvalue weighted by Crippen LogP contribution is -2.23. The molecular weight excluding hydrogens is 250 g/mol. The molecule has 0 saturated heterocycles.